The molecule has 1 saturated heterocycles. The average Bonchev–Trinajstić information content (AvgIpc) is 2.23. The summed E-state index contributed by atoms with van der Waals surface area (Å²) in [4.78, 5) is 1.86. The number of rotatable bonds is 1. The Kier molecular flexibility index (Phi) is 2.98. The summed E-state index contributed by atoms with van der Waals surface area (Å²) in [5.74, 6) is -1.67. The predicted octanol–water partition coefficient (Wildman–Crippen LogP) is 3.17. The lowest BCUT2D eigenvalue weighted by molar-refractivity contribution is 0.291. The second-order valence-electron chi connectivity index (χ2n) is 5.49. The van der Waals surface area contributed by atoms with Crippen LogP contribution in [0.25, 0.3) is 0 Å². The highest BCUT2D eigenvalue weighted by molar-refractivity contribution is 5.68. The van der Waals surface area contributed by atoms with Crippen LogP contribution in [-0.4, -0.2) is 13.1 Å². The Morgan fingerprint density at radius 2 is 2.00 bits per heavy atom. The molecule has 1 fully saturated rings. The van der Waals surface area contributed by atoms with Crippen LogP contribution in [0.15, 0.2) is 12.1 Å². The van der Waals surface area contributed by atoms with Crippen LogP contribution in [0.2, 0.25) is 0 Å². The van der Waals surface area contributed by atoms with Crippen LogP contribution in [-0.2, 0) is 0 Å². The van der Waals surface area contributed by atoms with Gasteiger partial charge < -0.3 is 10.6 Å². The van der Waals surface area contributed by atoms with E-state index >= 15 is 0 Å². The third kappa shape index (κ3) is 2.35. The van der Waals surface area contributed by atoms with Gasteiger partial charge in [-0.05, 0) is 30.4 Å². The Morgan fingerprint density at radius 1 is 1.29 bits per heavy atom. The number of nitrogen functional groups attached to an aromatic ring is 1. The van der Waals surface area contributed by atoms with Gasteiger partial charge in [0.05, 0.1) is 11.4 Å². The van der Waals surface area contributed by atoms with E-state index < -0.39 is 11.6 Å². The van der Waals surface area contributed by atoms with Gasteiger partial charge in [0, 0.05) is 13.1 Å². The third-order valence-corrected chi connectivity index (χ3v) is 3.32. The summed E-state index contributed by atoms with van der Waals surface area (Å²) < 4.78 is 27.1. The van der Waals surface area contributed by atoms with Crippen molar-refractivity contribution in [2.24, 2.45) is 5.41 Å². The molecule has 0 saturated carbocycles. The van der Waals surface area contributed by atoms with Gasteiger partial charge in [0.2, 0.25) is 0 Å². The van der Waals surface area contributed by atoms with Gasteiger partial charge in [-0.2, -0.15) is 0 Å². The molecule has 0 aliphatic carbocycles. The third-order valence-electron chi connectivity index (χ3n) is 3.32. The van der Waals surface area contributed by atoms with E-state index in [9.17, 15) is 8.78 Å². The molecule has 2 rings (SSSR count). The van der Waals surface area contributed by atoms with Crippen molar-refractivity contribution < 1.29 is 8.78 Å². The lowest BCUT2D eigenvalue weighted by atomic mass is 9.84. The number of nitrogens with zero attached hydrogens (tertiary/aromatic N) is 1. The molecule has 1 aromatic rings. The molecule has 0 amide bonds. The summed E-state index contributed by atoms with van der Waals surface area (Å²) in [7, 11) is 0. The quantitative estimate of drug-likeness (QED) is 0.764. The van der Waals surface area contributed by atoms with E-state index in [0.717, 1.165) is 25.5 Å². The number of benzene rings is 1. The van der Waals surface area contributed by atoms with Gasteiger partial charge in [0.1, 0.15) is 0 Å². The SMILES string of the molecule is CC1(C)CCCN(c2c(N)ccc(F)c2F)C1. The normalized spacial score (nSPS) is 19.4. The van der Waals surface area contributed by atoms with E-state index in [1.165, 1.54) is 6.07 Å². The number of halogens is 2. The van der Waals surface area contributed by atoms with E-state index in [1.807, 2.05) is 4.90 Å². The topological polar surface area (TPSA) is 29.3 Å². The number of piperidine rings is 1. The zero-order valence-corrected chi connectivity index (χ0v) is 10.3. The zero-order chi connectivity index (χ0) is 12.6. The molecule has 2 nitrogen and oxygen atoms in total. The second kappa shape index (κ2) is 4.17. The first-order valence-corrected chi connectivity index (χ1v) is 5.89. The lowest BCUT2D eigenvalue weighted by Gasteiger charge is -2.39. The highest BCUT2D eigenvalue weighted by Crippen LogP contribution is 2.36. The van der Waals surface area contributed by atoms with Crippen molar-refractivity contribution in [3.05, 3.63) is 23.8 Å². The van der Waals surface area contributed by atoms with E-state index in [0.29, 0.717) is 12.2 Å². The van der Waals surface area contributed by atoms with Crippen molar-refractivity contribution in [3.8, 4) is 0 Å². The van der Waals surface area contributed by atoms with E-state index in [1.54, 1.807) is 0 Å². The molecule has 1 aliphatic rings. The maximum Gasteiger partial charge on any atom is 0.184 e. The molecule has 94 valence electrons. The van der Waals surface area contributed by atoms with Crippen molar-refractivity contribution in [1.82, 2.24) is 0 Å². The minimum atomic E-state index is -0.836. The van der Waals surface area contributed by atoms with Crippen LogP contribution < -0.4 is 10.6 Å². The van der Waals surface area contributed by atoms with E-state index in [2.05, 4.69) is 13.8 Å². The highest BCUT2D eigenvalue weighted by Gasteiger charge is 2.29. The van der Waals surface area contributed by atoms with Gasteiger partial charge in [-0.25, -0.2) is 8.78 Å². The molecule has 17 heavy (non-hydrogen) atoms. The molecule has 2 N–H and O–H groups in total. The van der Waals surface area contributed by atoms with Gasteiger partial charge in [0.15, 0.2) is 11.6 Å². The van der Waals surface area contributed by atoms with Crippen LogP contribution in [0.4, 0.5) is 20.2 Å². The fraction of sp³-hybridized carbons (Fsp3) is 0.538. The molecule has 0 radical (unpaired) electrons. The Hall–Kier alpha value is -1.32. The summed E-state index contributed by atoms with van der Waals surface area (Å²) in [5, 5.41) is 0. The average molecular weight is 240 g/mol. The number of hydrogen-bond acceptors (Lipinski definition) is 2. The molecule has 1 heterocycles. The first kappa shape index (κ1) is 12.1. The number of anilines is 2. The molecule has 0 aromatic heterocycles. The zero-order valence-electron chi connectivity index (χ0n) is 10.3. The van der Waals surface area contributed by atoms with Crippen molar-refractivity contribution in [2.75, 3.05) is 23.7 Å². The van der Waals surface area contributed by atoms with Crippen molar-refractivity contribution >= 4 is 11.4 Å². The molecular formula is C13H18F2N2. The minimum absolute atomic E-state index is 0.115. The van der Waals surface area contributed by atoms with Crippen LogP contribution in [0.1, 0.15) is 26.7 Å². The van der Waals surface area contributed by atoms with Crippen molar-refractivity contribution in [3.63, 3.8) is 0 Å². The smallest absolute Gasteiger partial charge is 0.184 e. The van der Waals surface area contributed by atoms with Gasteiger partial charge >= 0.3 is 0 Å². The molecule has 0 atom stereocenters. The minimum Gasteiger partial charge on any atom is -0.397 e. The van der Waals surface area contributed by atoms with Crippen LogP contribution in [0, 0.1) is 17.0 Å². The largest absolute Gasteiger partial charge is 0.397 e. The molecule has 4 heteroatoms. The van der Waals surface area contributed by atoms with Gasteiger partial charge in [-0.3, -0.25) is 0 Å². The summed E-state index contributed by atoms with van der Waals surface area (Å²) in [5.41, 5.74) is 6.40. The summed E-state index contributed by atoms with van der Waals surface area (Å²) in [6.07, 6.45) is 2.07. The Bertz CT molecular complexity index is 430. The molecule has 1 aliphatic heterocycles. The summed E-state index contributed by atoms with van der Waals surface area (Å²) in [6.45, 7) is 5.70. The van der Waals surface area contributed by atoms with Gasteiger partial charge in [-0.15, -0.1) is 0 Å². The number of hydrogen-bond donors (Lipinski definition) is 1. The highest BCUT2D eigenvalue weighted by atomic mass is 19.2. The van der Waals surface area contributed by atoms with Crippen LogP contribution in [0.3, 0.4) is 0 Å². The fourth-order valence-corrected chi connectivity index (χ4v) is 2.49. The molecule has 1 aromatic carbocycles. The number of nitrogens with two attached hydrogens (primary N) is 1. The van der Waals surface area contributed by atoms with Crippen LogP contribution >= 0.6 is 0 Å². The second-order valence-corrected chi connectivity index (χ2v) is 5.49. The molecule has 0 bridgehead atoms. The van der Waals surface area contributed by atoms with Crippen molar-refractivity contribution in [2.45, 2.75) is 26.7 Å². The first-order chi connectivity index (χ1) is 7.91. The lowest BCUT2D eigenvalue weighted by Crippen LogP contribution is -2.41. The van der Waals surface area contributed by atoms with Gasteiger partial charge in [0.25, 0.3) is 0 Å². The van der Waals surface area contributed by atoms with E-state index in [4.69, 9.17) is 5.73 Å². The standard InChI is InChI=1S/C13H18F2N2/c1-13(2)6-3-7-17(8-13)12-10(16)5-4-9(14)11(12)15/h4-5H,3,6-8,16H2,1-2H3. The van der Waals surface area contributed by atoms with Gasteiger partial charge in [-0.1, -0.05) is 13.8 Å². The maximum absolute atomic E-state index is 13.8. The fourth-order valence-electron chi connectivity index (χ4n) is 2.49. The monoisotopic (exact) mass is 240 g/mol. The Morgan fingerprint density at radius 3 is 2.65 bits per heavy atom. The van der Waals surface area contributed by atoms with Crippen LogP contribution in [0.5, 0.6) is 0 Å². The predicted molar refractivity (Wildman–Crippen MR) is 66.0 cm³/mol. The van der Waals surface area contributed by atoms with Crippen molar-refractivity contribution in [1.29, 1.82) is 0 Å². The molecular weight excluding hydrogens is 222 g/mol. The Labute approximate surface area is 100 Å². The molecule has 0 unspecified atom stereocenters. The summed E-state index contributed by atoms with van der Waals surface area (Å²) in [6, 6.07) is 2.50. The Balaban J connectivity index is 2.37. The summed E-state index contributed by atoms with van der Waals surface area (Å²) >= 11 is 0. The first-order valence-electron chi connectivity index (χ1n) is 5.89. The van der Waals surface area contributed by atoms with E-state index in [-0.39, 0.29) is 11.1 Å². The maximum atomic E-state index is 13.8. The molecule has 0 spiro atoms.